The van der Waals surface area contributed by atoms with Crippen LogP contribution in [0.3, 0.4) is 0 Å². The second kappa shape index (κ2) is 6.43. The maximum absolute atomic E-state index is 5.77. The molecule has 3 N–H and O–H groups in total. The van der Waals surface area contributed by atoms with Gasteiger partial charge in [-0.05, 0) is 61.8 Å². The Balaban J connectivity index is 2.32. The van der Waals surface area contributed by atoms with Crippen molar-refractivity contribution in [3.8, 4) is 0 Å². The zero-order valence-electron chi connectivity index (χ0n) is 12.5. The Hall–Kier alpha value is -1.30. The van der Waals surface area contributed by atoms with Crippen molar-refractivity contribution in [3.63, 3.8) is 0 Å². The molecule has 1 heterocycles. The van der Waals surface area contributed by atoms with Crippen molar-refractivity contribution in [3.05, 3.63) is 45.0 Å². The number of rotatable bonds is 5. The van der Waals surface area contributed by atoms with E-state index in [4.69, 9.17) is 5.84 Å². The van der Waals surface area contributed by atoms with Gasteiger partial charge in [0.15, 0.2) is 0 Å². The van der Waals surface area contributed by atoms with Crippen molar-refractivity contribution in [2.45, 2.75) is 46.6 Å². The van der Waals surface area contributed by atoms with E-state index in [-0.39, 0.29) is 6.04 Å². The molecular weight excluding hydrogens is 268 g/mol. The number of nitrogens with two attached hydrogens (primary N) is 1. The lowest BCUT2D eigenvalue weighted by molar-refractivity contribution is 0.553. The van der Waals surface area contributed by atoms with E-state index in [2.05, 4.69) is 54.8 Å². The monoisotopic (exact) mass is 290 g/mol. The summed E-state index contributed by atoms with van der Waals surface area (Å²) in [7, 11) is 0. The fraction of sp³-hybridized carbons (Fsp3) is 0.467. The molecule has 0 aliphatic heterocycles. The number of hydrazine groups is 1. The number of aromatic nitrogens is 2. The predicted molar refractivity (Wildman–Crippen MR) is 83.7 cm³/mol. The van der Waals surface area contributed by atoms with Crippen LogP contribution in [-0.4, -0.2) is 9.59 Å². The van der Waals surface area contributed by atoms with E-state index in [1.54, 1.807) is 0 Å². The van der Waals surface area contributed by atoms with E-state index < -0.39 is 0 Å². The SMILES string of the molecule is CCc1nnsc1C(Cc1c(C)cc(C)cc1C)NN. The molecule has 0 aliphatic carbocycles. The minimum atomic E-state index is 0.0741. The van der Waals surface area contributed by atoms with Crippen LogP contribution in [0, 0.1) is 20.8 Å². The molecule has 0 fully saturated rings. The maximum atomic E-state index is 5.77. The molecule has 4 nitrogen and oxygen atoms in total. The van der Waals surface area contributed by atoms with Crippen LogP contribution in [0.5, 0.6) is 0 Å². The van der Waals surface area contributed by atoms with Gasteiger partial charge in [-0.2, -0.15) is 0 Å². The van der Waals surface area contributed by atoms with Gasteiger partial charge in [-0.25, -0.2) is 0 Å². The van der Waals surface area contributed by atoms with E-state index in [0.717, 1.165) is 23.4 Å². The van der Waals surface area contributed by atoms with E-state index in [0.29, 0.717) is 0 Å². The fourth-order valence-electron chi connectivity index (χ4n) is 2.69. The fourth-order valence-corrected chi connectivity index (χ4v) is 3.49. The largest absolute Gasteiger partial charge is 0.271 e. The number of aryl methyl sites for hydroxylation is 4. The van der Waals surface area contributed by atoms with Gasteiger partial charge in [0.25, 0.3) is 0 Å². The van der Waals surface area contributed by atoms with Gasteiger partial charge in [-0.1, -0.05) is 29.1 Å². The van der Waals surface area contributed by atoms with Crippen LogP contribution in [0.4, 0.5) is 0 Å². The summed E-state index contributed by atoms with van der Waals surface area (Å²) in [4.78, 5) is 1.15. The first-order valence-electron chi connectivity index (χ1n) is 6.90. The Morgan fingerprint density at radius 2 is 1.90 bits per heavy atom. The van der Waals surface area contributed by atoms with Crippen LogP contribution in [0.15, 0.2) is 12.1 Å². The molecule has 0 bridgehead atoms. The summed E-state index contributed by atoms with van der Waals surface area (Å²) >= 11 is 1.44. The van der Waals surface area contributed by atoms with Gasteiger partial charge in [-0.3, -0.25) is 11.3 Å². The molecule has 1 aromatic carbocycles. The van der Waals surface area contributed by atoms with Crippen LogP contribution in [0.1, 0.15) is 45.8 Å². The topological polar surface area (TPSA) is 63.8 Å². The predicted octanol–water partition coefficient (Wildman–Crippen LogP) is 2.77. The van der Waals surface area contributed by atoms with Gasteiger partial charge in [0.05, 0.1) is 16.6 Å². The molecule has 108 valence electrons. The van der Waals surface area contributed by atoms with E-state index in [1.807, 2.05) is 0 Å². The molecular formula is C15H22N4S. The number of nitrogens with one attached hydrogen (secondary N) is 1. The standard InChI is InChI=1S/C15H22N4S/c1-5-13-15(20-19-18-13)14(17-16)8-12-10(3)6-9(2)7-11(12)4/h6-7,14,17H,5,8,16H2,1-4H3. The molecule has 1 atom stereocenters. The molecule has 2 rings (SSSR count). The highest BCUT2D eigenvalue weighted by Crippen LogP contribution is 2.27. The van der Waals surface area contributed by atoms with Crippen molar-refractivity contribution in [1.29, 1.82) is 0 Å². The molecule has 0 saturated carbocycles. The number of hydrogen-bond acceptors (Lipinski definition) is 5. The summed E-state index contributed by atoms with van der Waals surface area (Å²) in [5.41, 5.74) is 9.26. The number of hydrogen-bond donors (Lipinski definition) is 2. The Bertz CT molecular complexity index is 568. The average molecular weight is 290 g/mol. The third-order valence-corrected chi connectivity index (χ3v) is 4.57. The molecule has 0 radical (unpaired) electrons. The summed E-state index contributed by atoms with van der Waals surface area (Å²) < 4.78 is 4.06. The average Bonchev–Trinajstić information content (AvgIpc) is 2.86. The Labute approximate surface area is 124 Å². The highest BCUT2D eigenvalue weighted by molar-refractivity contribution is 7.05. The van der Waals surface area contributed by atoms with Gasteiger partial charge in [-0.15, -0.1) is 5.10 Å². The Morgan fingerprint density at radius 3 is 2.45 bits per heavy atom. The molecule has 0 aliphatic rings. The molecule has 1 unspecified atom stereocenters. The Morgan fingerprint density at radius 1 is 1.25 bits per heavy atom. The van der Waals surface area contributed by atoms with E-state index >= 15 is 0 Å². The molecule has 0 spiro atoms. The lowest BCUT2D eigenvalue weighted by Gasteiger charge is -2.18. The zero-order chi connectivity index (χ0) is 14.7. The Kier molecular flexibility index (Phi) is 4.86. The van der Waals surface area contributed by atoms with Crippen LogP contribution >= 0.6 is 11.5 Å². The van der Waals surface area contributed by atoms with Crippen molar-refractivity contribution in [1.82, 2.24) is 15.0 Å². The summed E-state index contributed by atoms with van der Waals surface area (Å²) in [6.07, 6.45) is 1.75. The third kappa shape index (κ3) is 3.06. The van der Waals surface area contributed by atoms with E-state index in [1.165, 1.54) is 33.8 Å². The first-order valence-corrected chi connectivity index (χ1v) is 7.68. The number of benzene rings is 1. The van der Waals surface area contributed by atoms with Crippen molar-refractivity contribution in [2.75, 3.05) is 0 Å². The van der Waals surface area contributed by atoms with Crippen LogP contribution in [0.2, 0.25) is 0 Å². The van der Waals surface area contributed by atoms with Gasteiger partial charge in [0, 0.05) is 0 Å². The van der Waals surface area contributed by atoms with Gasteiger partial charge >= 0.3 is 0 Å². The first kappa shape index (κ1) is 15.1. The summed E-state index contributed by atoms with van der Waals surface area (Å²) in [6, 6.07) is 4.52. The smallest absolute Gasteiger partial charge is 0.0801 e. The molecule has 0 saturated heterocycles. The summed E-state index contributed by atoms with van der Waals surface area (Å²) in [5, 5.41) is 4.18. The van der Waals surface area contributed by atoms with Gasteiger partial charge in [0.2, 0.25) is 0 Å². The van der Waals surface area contributed by atoms with Crippen LogP contribution in [-0.2, 0) is 12.8 Å². The molecule has 5 heteroatoms. The van der Waals surface area contributed by atoms with Crippen molar-refractivity contribution < 1.29 is 0 Å². The first-order chi connectivity index (χ1) is 9.56. The third-order valence-electron chi connectivity index (χ3n) is 3.69. The second-order valence-electron chi connectivity index (χ2n) is 5.24. The lowest BCUT2D eigenvalue weighted by atomic mass is 9.93. The maximum Gasteiger partial charge on any atom is 0.0801 e. The summed E-state index contributed by atoms with van der Waals surface area (Å²) in [6.45, 7) is 8.55. The number of nitrogens with zero attached hydrogens (tertiary/aromatic N) is 2. The molecule has 1 aromatic heterocycles. The van der Waals surface area contributed by atoms with Crippen molar-refractivity contribution in [2.24, 2.45) is 5.84 Å². The molecule has 0 amide bonds. The van der Waals surface area contributed by atoms with Gasteiger partial charge < -0.3 is 0 Å². The molecule has 2 aromatic rings. The van der Waals surface area contributed by atoms with Crippen molar-refractivity contribution >= 4 is 11.5 Å². The van der Waals surface area contributed by atoms with Crippen LogP contribution < -0.4 is 11.3 Å². The highest BCUT2D eigenvalue weighted by atomic mass is 32.1. The highest BCUT2D eigenvalue weighted by Gasteiger charge is 2.19. The minimum absolute atomic E-state index is 0.0741. The quantitative estimate of drug-likeness (QED) is 0.656. The van der Waals surface area contributed by atoms with Crippen LogP contribution in [0.25, 0.3) is 0 Å². The van der Waals surface area contributed by atoms with Gasteiger partial charge in [0.1, 0.15) is 0 Å². The molecule has 20 heavy (non-hydrogen) atoms. The normalized spacial score (nSPS) is 12.7. The lowest BCUT2D eigenvalue weighted by Crippen LogP contribution is -2.30. The zero-order valence-corrected chi connectivity index (χ0v) is 13.3. The summed E-state index contributed by atoms with van der Waals surface area (Å²) in [5.74, 6) is 5.77. The van der Waals surface area contributed by atoms with E-state index in [9.17, 15) is 0 Å². The minimum Gasteiger partial charge on any atom is -0.271 e. The second-order valence-corrected chi connectivity index (χ2v) is 6.02.